The Kier molecular flexibility index (Phi) is 10.7. The summed E-state index contributed by atoms with van der Waals surface area (Å²) in [6.07, 6.45) is 3.54. The maximum Gasteiger partial charge on any atom is 0.149 e. The van der Waals surface area contributed by atoms with E-state index in [-0.39, 0.29) is 30.6 Å². The van der Waals surface area contributed by atoms with Crippen molar-refractivity contribution in [2.75, 3.05) is 57.3 Å². The first-order chi connectivity index (χ1) is 12.5. The molecule has 0 N–H and O–H groups in total. The fourth-order valence-corrected chi connectivity index (χ4v) is 4.06. The molecule has 3 rings (SSSR count). The highest BCUT2D eigenvalue weighted by Gasteiger charge is 2.23. The predicted octanol–water partition coefficient (Wildman–Crippen LogP) is 3.62. The summed E-state index contributed by atoms with van der Waals surface area (Å²) in [5, 5.41) is 0. The molecule has 1 aromatic carbocycles. The number of carbonyl (C=O) groups excluding carboxylic acids is 1. The maximum absolute atomic E-state index is 13.9. The molecule has 0 unspecified atom stereocenters. The summed E-state index contributed by atoms with van der Waals surface area (Å²) < 4.78 is 27.0. The average Bonchev–Trinajstić information content (AvgIpc) is 2.61. The van der Waals surface area contributed by atoms with Crippen molar-refractivity contribution in [1.82, 2.24) is 9.80 Å². The molecular weight excluding hydrogens is 407 g/mol. The topological polar surface area (TPSA) is 26.8 Å². The number of nitrogens with zero attached hydrogens (tertiary/aromatic N) is 3. The van der Waals surface area contributed by atoms with Crippen molar-refractivity contribution in [2.45, 2.75) is 26.2 Å². The van der Waals surface area contributed by atoms with Crippen molar-refractivity contribution in [2.24, 2.45) is 5.92 Å². The standard InChI is InChI=1S/C20H29F2N3O.2ClH/c1-16(26)15-24-8-5-17(6-9-24)4-7-23-10-12-25(13-11-23)20-3-2-18(21)14-19(20)22;;/h2-3,14,17H,4-13,15H2,1H3;2*1H. The number of likely N-dealkylation sites (tertiary alicyclic amines) is 1. The van der Waals surface area contributed by atoms with Crippen LogP contribution in [0, 0.1) is 17.6 Å². The number of anilines is 1. The van der Waals surface area contributed by atoms with Crippen LogP contribution in [0.2, 0.25) is 0 Å². The van der Waals surface area contributed by atoms with Gasteiger partial charge in [0.2, 0.25) is 0 Å². The molecule has 28 heavy (non-hydrogen) atoms. The van der Waals surface area contributed by atoms with Crippen molar-refractivity contribution in [3.8, 4) is 0 Å². The van der Waals surface area contributed by atoms with Gasteiger partial charge in [0.25, 0.3) is 0 Å². The summed E-state index contributed by atoms with van der Waals surface area (Å²) >= 11 is 0. The zero-order valence-corrected chi connectivity index (χ0v) is 18.0. The lowest BCUT2D eigenvalue weighted by atomic mass is 9.93. The van der Waals surface area contributed by atoms with Crippen LogP contribution < -0.4 is 4.90 Å². The summed E-state index contributed by atoms with van der Waals surface area (Å²) in [5.74, 6) is -0.0142. The van der Waals surface area contributed by atoms with E-state index in [0.29, 0.717) is 12.2 Å². The van der Waals surface area contributed by atoms with E-state index in [4.69, 9.17) is 0 Å². The van der Waals surface area contributed by atoms with Crippen LogP contribution in [-0.2, 0) is 4.79 Å². The summed E-state index contributed by atoms with van der Waals surface area (Å²) in [6, 6.07) is 3.82. The molecule has 0 bridgehead atoms. The van der Waals surface area contributed by atoms with Crippen LogP contribution in [0.1, 0.15) is 26.2 Å². The minimum Gasteiger partial charge on any atom is -0.367 e. The monoisotopic (exact) mass is 437 g/mol. The molecular formula is C20H31Cl2F2N3O. The Hall–Kier alpha value is -0.950. The number of piperazine rings is 1. The predicted molar refractivity (Wildman–Crippen MR) is 114 cm³/mol. The number of benzene rings is 1. The molecule has 0 aliphatic carbocycles. The van der Waals surface area contributed by atoms with Gasteiger partial charge >= 0.3 is 0 Å². The second kappa shape index (κ2) is 11.9. The average molecular weight is 438 g/mol. The zero-order valence-electron chi connectivity index (χ0n) is 16.4. The van der Waals surface area contributed by atoms with E-state index in [1.807, 2.05) is 4.90 Å². The van der Waals surface area contributed by atoms with E-state index in [0.717, 1.165) is 57.8 Å². The second-order valence-electron chi connectivity index (χ2n) is 7.63. The van der Waals surface area contributed by atoms with Gasteiger partial charge < -0.3 is 4.90 Å². The Morgan fingerprint density at radius 2 is 1.64 bits per heavy atom. The third-order valence-electron chi connectivity index (χ3n) is 5.63. The quantitative estimate of drug-likeness (QED) is 0.678. The highest BCUT2D eigenvalue weighted by atomic mass is 35.5. The summed E-state index contributed by atoms with van der Waals surface area (Å²) in [6.45, 7) is 8.78. The van der Waals surface area contributed by atoms with Crippen molar-refractivity contribution < 1.29 is 13.6 Å². The molecule has 0 radical (unpaired) electrons. The first kappa shape index (κ1) is 25.1. The van der Waals surface area contributed by atoms with Crippen LogP contribution in [0.3, 0.4) is 0 Å². The first-order valence-corrected chi connectivity index (χ1v) is 9.65. The lowest BCUT2D eigenvalue weighted by Gasteiger charge is -2.37. The van der Waals surface area contributed by atoms with Gasteiger partial charge in [-0.2, -0.15) is 0 Å². The van der Waals surface area contributed by atoms with Gasteiger partial charge in [-0.05, 0) is 63.9 Å². The zero-order chi connectivity index (χ0) is 18.5. The van der Waals surface area contributed by atoms with Crippen LogP contribution in [0.15, 0.2) is 18.2 Å². The third kappa shape index (κ3) is 7.14. The maximum atomic E-state index is 13.9. The molecule has 160 valence electrons. The van der Waals surface area contributed by atoms with Gasteiger partial charge in [-0.3, -0.25) is 14.6 Å². The molecule has 0 atom stereocenters. The molecule has 8 heteroatoms. The SMILES string of the molecule is CC(=O)CN1CCC(CCN2CCN(c3ccc(F)cc3F)CC2)CC1.Cl.Cl. The lowest BCUT2D eigenvalue weighted by molar-refractivity contribution is -0.118. The van der Waals surface area contributed by atoms with Gasteiger partial charge in [-0.15, -0.1) is 24.8 Å². The largest absolute Gasteiger partial charge is 0.367 e. The molecule has 0 aromatic heterocycles. The molecule has 2 aliphatic rings. The van der Waals surface area contributed by atoms with Crippen LogP contribution in [-0.4, -0.2) is 67.9 Å². The van der Waals surface area contributed by atoms with Gasteiger partial charge in [0.1, 0.15) is 17.4 Å². The highest BCUT2D eigenvalue weighted by Crippen LogP contribution is 2.23. The van der Waals surface area contributed by atoms with Gasteiger partial charge in [0.05, 0.1) is 12.2 Å². The van der Waals surface area contributed by atoms with E-state index in [9.17, 15) is 13.6 Å². The Labute approximate surface area is 179 Å². The fourth-order valence-electron chi connectivity index (χ4n) is 4.06. The highest BCUT2D eigenvalue weighted by molar-refractivity contribution is 5.85. The fraction of sp³-hybridized carbons (Fsp3) is 0.650. The molecule has 0 saturated carbocycles. The number of hydrogen-bond donors (Lipinski definition) is 0. The number of carbonyl (C=O) groups is 1. The van der Waals surface area contributed by atoms with Crippen LogP contribution in [0.5, 0.6) is 0 Å². The number of halogens is 4. The van der Waals surface area contributed by atoms with E-state index < -0.39 is 11.6 Å². The van der Waals surface area contributed by atoms with Crippen molar-refractivity contribution in [3.63, 3.8) is 0 Å². The lowest BCUT2D eigenvalue weighted by Crippen LogP contribution is -2.47. The van der Waals surface area contributed by atoms with Crippen LogP contribution in [0.25, 0.3) is 0 Å². The number of hydrogen-bond acceptors (Lipinski definition) is 4. The Morgan fingerprint density at radius 3 is 2.21 bits per heavy atom. The summed E-state index contributed by atoms with van der Waals surface area (Å²) in [7, 11) is 0. The summed E-state index contributed by atoms with van der Waals surface area (Å²) in [5.41, 5.74) is 0.504. The number of ketones is 1. The third-order valence-corrected chi connectivity index (χ3v) is 5.63. The van der Waals surface area contributed by atoms with Gasteiger partial charge in [-0.25, -0.2) is 8.78 Å². The van der Waals surface area contributed by atoms with Crippen LogP contribution in [0.4, 0.5) is 14.5 Å². The molecule has 2 fully saturated rings. The molecule has 0 amide bonds. The van der Waals surface area contributed by atoms with Crippen LogP contribution >= 0.6 is 24.8 Å². The minimum atomic E-state index is -0.528. The molecule has 1 aromatic rings. The van der Waals surface area contributed by atoms with Gasteiger partial charge in [-0.1, -0.05) is 0 Å². The van der Waals surface area contributed by atoms with Crippen molar-refractivity contribution in [1.29, 1.82) is 0 Å². The summed E-state index contributed by atoms with van der Waals surface area (Å²) in [4.78, 5) is 17.9. The van der Waals surface area contributed by atoms with E-state index >= 15 is 0 Å². The number of rotatable bonds is 6. The van der Waals surface area contributed by atoms with E-state index in [1.165, 1.54) is 31.4 Å². The Balaban J connectivity index is 0.00000196. The van der Waals surface area contributed by atoms with Gasteiger partial charge in [0, 0.05) is 32.2 Å². The minimum absolute atomic E-state index is 0. The molecule has 2 heterocycles. The van der Waals surface area contributed by atoms with Gasteiger partial charge in [0.15, 0.2) is 0 Å². The number of Topliss-reactive ketones (excluding diaryl/α,β-unsaturated/α-hetero) is 1. The first-order valence-electron chi connectivity index (χ1n) is 9.65. The Morgan fingerprint density at radius 1 is 1.00 bits per heavy atom. The molecule has 0 spiro atoms. The van der Waals surface area contributed by atoms with E-state index in [1.54, 1.807) is 6.92 Å². The van der Waals surface area contributed by atoms with E-state index in [2.05, 4.69) is 9.80 Å². The number of piperidine rings is 1. The smallest absolute Gasteiger partial charge is 0.149 e. The normalized spacial score (nSPS) is 19.0. The van der Waals surface area contributed by atoms with Crippen molar-refractivity contribution in [3.05, 3.63) is 29.8 Å². The molecule has 2 aliphatic heterocycles. The van der Waals surface area contributed by atoms with Crippen molar-refractivity contribution >= 4 is 36.3 Å². The molecule has 4 nitrogen and oxygen atoms in total. The Bertz CT molecular complexity index is 619. The second-order valence-corrected chi connectivity index (χ2v) is 7.63. The molecule has 2 saturated heterocycles.